The van der Waals surface area contributed by atoms with Crippen molar-refractivity contribution in [3.63, 3.8) is 0 Å². The van der Waals surface area contributed by atoms with Crippen molar-refractivity contribution in [2.24, 2.45) is 22.9 Å². The molecule has 3 heterocycles. The van der Waals surface area contributed by atoms with E-state index < -0.39 is 144 Å². The fourth-order valence-corrected chi connectivity index (χ4v) is 13.5. The number of phenols is 1. The van der Waals surface area contributed by atoms with Gasteiger partial charge in [-0.3, -0.25) is 58.1 Å². The number of benzene rings is 6. The number of ether oxygens (including phenoxy) is 3. The number of fused-ring (bicyclic) bond motifs is 6. The lowest BCUT2D eigenvalue weighted by atomic mass is 9.77. The summed E-state index contributed by atoms with van der Waals surface area (Å²) in [6.45, 7) is 0.145. The van der Waals surface area contributed by atoms with Crippen LogP contribution in [-0.2, 0) is 77.5 Å². The third-order valence-corrected chi connectivity index (χ3v) is 19.5. The molecule has 32 nitrogen and oxygen atoms in total. The zero-order chi connectivity index (χ0) is 80.2. The molecule has 32 heteroatoms. The van der Waals surface area contributed by atoms with E-state index in [9.17, 15) is 62.6 Å². The molecule has 1 fully saturated rings. The van der Waals surface area contributed by atoms with Crippen LogP contribution in [0.5, 0.6) is 23.0 Å². The first-order valence-corrected chi connectivity index (χ1v) is 36.5. The van der Waals surface area contributed by atoms with Crippen LogP contribution in [0.25, 0.3) is 0 Å². The minimum absolute atomic E-state index is 0.00314. The molecule has 0 radical (unpaired) electrons. The van der Waals surface area contributed by atoms with Crippen LogP contribution < -0.4 is 84.7 Å². The van der Waals surface area contributed by atoms with E-state index in [4.69, 9.17) is 42.6 Å². The number of methoxy groups -OCH3 is 1. The molecule has 6 aromatic carbocycles. The molecule has 7 atom stereocenters. The monoisotopic (exact) mass is 1520 g/mol. The maximum absolute atomic E-state index is 14.8. The number of guanidine groups is 1. The van der Waals surface area contributed by atoms with Gasteiger partial charge in [-0.05, 0) is 135 Å². The molecule has 0 aliphatic carbocycles. The van der Waals surface area contributed by atoms with Gasteiger partial charge in [0.1, 0.15) is 65.3 Å². The predicted octanol–water partition coefficient (Wildman–Crippen LogP) is 1.91. The largest absolute Gasteiger partial charge is 0.508 e. The number of nitrogens with one attached hydrogen (secondary N) is 9. The molecule has 111 heavy (non-hydrogen) atoms. The van der Waals surface area contributed by atoms with Gasteiger partial charge in [0.2, 0.25) is 59.1 Å². The summed E-state index contributed by atoms with van der Waals surface area (Å²) in [6, 6.07) is 27.4. The maximum atomic E-state index is 14.8. The van der Waals surface area contributed by atoms with Crippen molar-refractivity contribution < 1.29 is 76.9 Å². The summed E-state index contributed by atoms with van der Waals surface area (Å²) in [6.07, 6.45) is -0.947. The third kappa shape index (κ3) is 21.6. The van der Waals surface area contributed by atoms with E-state index in [0.717, 1.165) is 16.9 Å². The van der Waals surface area contributed by atoms with Crippen LogP contribution in [0.2, 0.25) is 0 Å². The summed E-state index contributed by atoms with van der Waals surface area (Å²) in [7, 11) is 9.10. The number of hydrogen-bond donors (Lipinski definition) is 14. The number of nitrogens with two attached hydrogens (primary N) is 4. The number of aromatic hydroxyl groups is 1. The topological polar surface area (TPSA) is 487 Å². The van der Waals surface area contributed by atoms with E-state index in [1.807, 2.05) is 74.4 Å². The van der Waals surface area contributed by atoms with Gasteiger partial charge in [0.05, 0.1) is 19.1 Å². The van der Waals surface area contributed by atoms with Crippen LogP contribution >= 0.6 is 0 Å². The van der Waals surface area contributed by atoms with Crippen molar-refractivity contribution >= 4 is 88.3 Å². The van der Waals surface area contributed by atoms with Crippen molar-refractivity contribution in [2.45, 2.75) is 138 Å². The number of rotatable bonds is 38. The van der Waals surface area contributed by atoms with Crippen LogP contribution in [-0.4, -0.2) is 184 Å². The molecule has 6 aromatic rings. The molecule has 0 bridgehead atoms. The van der Waals surface area contributed by atoms with Crippen molar-refractivity contribution in [3.05, 3.63) is 178 Å². The number of esters is 1. The van der Waals surface area contributed by atoms with Gasteiger partial charge in [-0.25, -0.2) is 4.79 Å². The summed E-state index contributed by atoms with van der Waals surface area (Å²) in [5.41, 5.74) is 27.0. The van der Waals surface area contributed by atoms with E-state index in [0.29, 0.717) is 57.9 Å². The van der Waals surface area contributed by atoms with Crippen LogP contribution in [0.4, 0.5) is 11.4 Å². The number of anilines is 2. The van der Waals surface area contributed by atoms with Crippen LogP contribution in [0.3, 0.4) is 0 Å². The summed E-state index contributed by atoms with van der Waals surface area (Å²) in [5, 5.41) is 38.7. The van der Waals surface area contributed by atoms with E-state index in [-0.39, 0.29) is 94.3 Å². The Labute approximate surface area is 641 Å². The van der Waals surface area contributed by atoms with Crippen LogP contribution in [0.15, 0.2) is 133 Å². The van der Waals surface area contributed by atoms with Crippen molar-refractivity contribution in [3.8, 4) is 23.0 Å². The highest BCUT2D eigenvalue weighted by atomic mass is 16.6. The maximum Gasteiger partial charge on any atom is 0.340 e. The highest BCUT2D eigenvalue weighted by Crippen LogP contribution is 2.57. The molecule has 0 aromatic heterocycles. The van der Waals surface area contributed by atoms with Gasteiger partial charge >= 0.3 is 5.97 Å². The number of aryl methyl sites for hydroxylation is 1. The highest BCUT2D eigenvalue weighted by Gasteiger charge is 2.54. The summed E-state index contributed by atoms with van der Waals surface area (Å²) in [5.74, 6) is -8.88. The third-order valence-electron chi connectivity index (χ3n) is 19.5. The second-order valence-electron chi connectivity index (χ2n) is 27.9. The Morgan fingerprint density at radius 1 is 0.586 bits per heavy atom. The average molecular weight is 1530 g/mol. The van der Waals surface area contributed by atoms with Gasteiger partial charge in [-0.2, -0.15) is 0 Å². The summed E-state index contributed by atoms with van der Waals surface area (Å²) < 4.78 is 18.2. The van der Waals surface area contributed by atoms with Crippen LogP contribution in [0, 0.1) is 5.41 Å². The van der Waals surface area contributed by atoms with Gasteiger partial charge in [0.25, 0.3) is 5.91 Å². The Hall–Kier alpha value is -12.8. The molecule has 11 amide bonds. The van der Waals surface area contributed by atoms with Gasteiger partial charge < -0.3 is 99.5 Å². The first-order valence-electron chi connectivity index (χ1n) is 36.5. The molecular formula is C79H96N16O16. The second kappa shape index (κ2) is 37.9. The Bertz CT molecular complexity index is 4390. The lowest BCUT2D eigenvalue weighted by Gasteiger charge is -2.37. The molecule has 1 saturated heterocycles. The number of carbonyl (C=O) groups excluding carboxylic acids is 12. The van der Waals surface area contributed by atoms with Gasteiger partial charge in [-0.1, -0.05) is 60.7 Å². The van der Waals surface area contributed by atoms with E-state index in [2.05, 4.69) is 42.5 Å². The quantitative estimate of drug-likeness (QED) is 0.0114. The van der Waals surface area contributed by atoms with E-state index >= 15 is 0 Å². The summed E-state index contributed by atoms with van der Waals surface area (Å²) >= 11 is 0. The zero-order valence-electron chi connectivity index (χ0n) is 62.5. The number of amides is 11. The smallest absolute Gasteiger partial charge is 0.340 e. The number of unbranched alkanes of at least 4 members (excludes halogenated alkanes) is 1. The zero-order valence-corrected chi connectivity index (χ0v) is 62.5. The number of likely N-dealkylation sites (tertiary alicyclic amines) is 1. The normalized spacial score (nSPS) is 15.1. The Balaban J connectivity index is 0.842. The number of nitrogens with zero attached hydrogens (tertiary/aromatic N) is 3. The first kappa shape index (κ1) is 82.3. The molecule has 9 rings (SSSR count). The van der Waals surface area contributed by atoms with Crippen molar-refractivity contribution in [1.82, 2.24) is 47.4 Å². The number of phenolic OH excluding ortho intramolecular Hbond substituents is 1. The van der Waals surface area contributed by atoms with Crippen molar-refractivity contribution in [1.29, 1.82) is 5.41 Å². The molecule has 3 aliphatic rings. The molecule has 18 N–H and O–H groups in total. The van der Waals surface area contributed by atoms with Crippen LogP contribution in [0.1, 0.15) is 125 Å². The Morgan fingerprint density at radius 2 is 1.14 bits per heavy atom. The van der Waals surface area contributed by atoms with Gasteiger partial charge in [-0.15, -0.1) is 0 Å². The SMILES string of the molecule is COc1ccc(C[C@@H](NC(=O)CCc2ccc(O)cc2)C(=O)N[C@@H](Cc2ccccc2)C(=O)N[C@@H](CCC(N)=O)C(=O)N[C@@H](CC(N)=O)C(=O)N[C@@H](CCCNC(=N)N)C(=O)N2CCC[C@H]2C(=O)N[C@@H](CCCCNC(=O)c2ccc3c(c2)C(=O)OC32c3ccc(N(C)C)cc3Oc3cc(N(C)C)ccc32)C(N)=O)cc1. The summed E-state index contributed by atoms with van der Waals surface area (Å²) in [4.78, 5) is 172. The van der Waals surface area contributed by atoms with E-state index in [1.54, 1.807) is 78.9 Å². The molecule has 0 saturated carbocycles. The van der Waals surface area contributed by atoms with E-state index in [1.165, 1.54) is 30.2 Å². The molecule has 0 unspecified atom stereocenters. The number of hydrogen-bond acceptors (Lipinski definition) is 19. The Morgan fingerprint density at radius 3 is 1.75 bits per heavy atom. The molecule has 3 aliphatic heterocycles. The lowest BCUT2D eigenvalue weighted by molar-refractivity contribution is -0.142. The van der Waals surface area contributed by atoms with Gasteiger partial charge in [0, 0.05) is 119 Å². The number of carbonyl (C=O) groups is 12. The minimum Gasteiger partial charge on any atom is -0.508 e. The lowest BCUT2D eigenvalue weighted by Crippen LogP contribution is -2.60. The molecule has 1 spiro atoms. The minimum atomic E-state index is -1.86. The standard InChI is InChI=1S/C79H96N16O16/c1-93(2)49-24-31-55-64(42-49)110-65-43-50(94(3)4)25-32-56(65)79(55)54-30-23-48(41-53(54)77(108)111-79)70(101)85-36-10-9-15-57(69(82)100)88-75(106)63-17-12-38-95(63)76(107)59(16-11-37-86-78(83)84)90-74(105)62(44-67(81)98)92-71(102)58(33-34-66(80)97)89-73(104)61(39-46-13-7-6-8-14-46)91-72(103)60(40-47-20-28-52(109-5)29-21-47)87-68(99)35-22-45-18-26-51(96)27-19-45/h6-8,13-14,18-21,23-32,41-43,57-63,96H,9-12,15-17,22,33-40,44H2,1-5H3,(H2,80,97)(H2,81,98)(H2,82,100)(H,85,101)(H,87,99)(H,88,106)(H,89,104)(H,90,105)(H,91,103)(H,92,102)(H4,83,84,86)/t57-,58-,59-,60+,61-,62-,63-/m0/s1. The highest BCUT2D eigenvalue weighted by molar-refractivity contribution is 6.03. The first-order chi connectivity index (χ1) is 53.0. The average Bonchev–Trinajstić information content (AvgIpc) is 1.59. The fourth-order valence-electron chi connectivity index (χ4n) is 13.5. The molecular weight excluding hydrogens is 1430 g/mol. The van der Waals surface area contributed by atoms with Gasteiger partial charge in [0.15, 0.2) is 11.6 Å². The van der Waals surface area contributed by atoms with Crippen molar-refractivity contribution in [2.75, 3.05) is 64.7 Å². The number of primary amides is 3. The predicted molar refractivity (Wildman–Crippen MR) is 410 cm³/mol. The second-order valence-corrected chi connectivity index (χ2v) is 27.9. The fraction of sp³-hybridized carbons (Fsp3) is 0.380. The Kier molecular flexibility index (Phi) is 28.1. The molecule has 588 valence electrons.